The molecule has 0 amide bonds. The molecule has 0 spiro atoms. The first kappa shape index (κ1) is 5.47. The van der Waals surface area contributed by atoms with Crippen molar-refractivity contribution in [2.24, 2.45) is 0 Å². The fourth-order valence-corrected chi connectivity index (χ4v) is 1.22. The molecule has 1 heterocycles. The van der Waals surface area contributed by atoms with Gasteiger partial charge in [-0.25, -0.2) is 0 Å². The molecule has 1 aliphatic heterocycles. The van der Waals surface area contributed by atoms with Crippen LogP contribution in [0.1, 0.15) is 0 Å². The average molecular weight is 116 g/mol. The van der Waals surface area contributed by atoms with E-state index in [0.29, 0.717) is 0 Å². The predicted octanol–water partition coefficient (Wildman–Crippen LogP) is -0.173. The van der Waals surface area contributed by atoms with E-state index in [4.69, 9.17) is 0 Å². The molecule has 0 aliphatic carbocycles. The van der Waals surface area contributed by atoms with Gasteiger partial charge in [0.1, 0.15) is 0 Å². The Labute approximate surface area is 48.8 Å². The molecule has 1 rings (SSSR count). The molecule has 1 atom stereocenters. The van der Waals surface area contributed by atoms with E-state index in [1.807, 2.05) is 7.05 Å². The van der Waals surface area contributed by atoms with Crippen molar-refractivity contribution in [1.29, 1.82) is 0 Å². The summed E-state index contributed by atoms with van der Waals surface area (Å²) in [5.41, 5.74) is 0. The molecular formula is C3H9BN2S. The lowest BCUT2D eigenvalue weighted by molar-refractivity contribution is 0.773. The van der Waals surface area contributed by atoms with Gasteiger partial charge in [-0.05, 0) is 20.5 Å². The van der Waals surface area contributed by atoms with E-state index in [1.54, 1.807) is 11.8 Å². The summed E-state index contributed by atoms with van der Waals surface area (Å²) in [4.78, 5) is 2.28. The Bertz CT molecular complexity index is 70.0. The largest absolute Gasteiger partial charge is 0.338 e. The lowest BCUT2D eigenvalue weighted by atomic mass is 10.2. The van der Waals surface area contributed by atoms with Gasteiger partial charge < -0.3 is 4.81 Å². The summed E-state index contributed by atoms with van der Waals surface area (Å²) in [5, 5.41) is 0. The van der Waals surface area contributed by atoms with E-state index in [-0.39, 0.29) is 0 Å². The Morgan fingerprint density at radius 1 is 1.86 bits per heavy atom. The Morgan fingerprint density at radius 2 is 2.43 bits per heavy atom. The van der Waals surface area contributed by atoms with Crippen LogP contribution in [0.15, 0.2) is 0 Å². The van der Waals surface area contributed by atoms with Crippen molar-refractivity contribution in [3.63, 3.8) is 0 Å². The van der Waals surface area contributed by atoms with Crippen LogP contribution in [-0.4, -0.2) is 31.5 Å². The Hall–Kier alpha value is 0.335. The van der Waals surface area contributed by atoms with Crippen molar-refractivity contribution in [2.45, 2.75) is 0 Å². The van der Waals surface area contributed by atoms with Crippen molar-refractivity contribution in [3.05, 3.63) is 0 Å². The van der Waals surface area contributed by atoms with E-state index >= 15 is 0 Å². The average Bonchev–Trinajstić information content (AvgIpc) is 2.22. The molecule has 0 aromatic rings. The van der Waals surface area contributed by atoms with Gasteiger partial charge in [-0.3, -0.25) is 4.72 Å². The standard InChI is InChI=1S/C3H9BN2S/c1-5-7-4-3-6(4)2/h5H,3H2,1-2H3/t6-/m1/s1. The third kappa shape index (κ3) is 1.37. The third-order valence-corrected chi connectivity index (χ3v) is 2.07. The molecule has 0 radical (unpaired) electrons. The van der Waals surface area contributed by atoms with Crippen LogP contribution in [-0.2, 0) is 0 Å². The molecule has 0 unspecified atom stereocenters. The zero-order chi connectivity index (χ0) is 5.28. The Morgan fingerprint density at radius 3 is 2.57 bits per heavy atom. The Balaban J connectivity index is 1.98. The van der Waals surface area contributed by atoms with Crippen LogP contribution >= 0.6 is 11.8 Å². The minimum atomic E-state index is 0.755. The molecule has 0 saturated carbocycles. The maximum Gasteiger partial charge on any atom is 0.322 e. The topological polar surface area (TPSA) is 15.0 Å². The number of rotatable bonds is 2. The number of nitrogens with zero attached hydrogens (tertiary/aromatic N) is 1. The van der Waals surface area contributed by atoms with Gasteiger partial charge in [0.2, 0.25) is 0 Å². The predicted molar refractivity (Wildman–Crippen MR) is 35.0 cm³/mol. The highest BCUT2D eigenvalue weighted by atomic mass is 32.2. The fraction of sp³-hybridized carbons (Fsp3) is 1.00. The van der Waals surface area contributed by atoms with Crippen molar-refractivity contribution < 1.29 is 0 Å². The number of hydrogen-bond donors (Lipinski definition) is 1. The number of nitrogens with one attached hydrogen (secondary N) is 1. The van der Waals surface area contributed by atoms with Crippen LogP contribution in [0.3, 0.4) is 0 Å². The molecule has 40 valence electrons. The van der Waals surface area contributed by atoms with E-state index < -0.39 is 0 Å². The first-order valence-corrected chi connectivity index (χ1v) is 3.25. The molecule has 1 fully saturated rings. The van der Waals surface area contributed by atoms with Gasteiger partial charge in [0.25, 0.3) is 0 Å². The highest BCUT2D eigenvalue weighted by Gasteiger charge is 2.35. The summed E-state index contributed by atoms with van der Waals surface area (Å²) in [6, 6.07) is 0. The van der Waals surface area contributed by atoms with Crippen molar-refractivity contribution in [1.82, 2.24) is 9.53 Å². The second-order valence-corrected chi connectivity index (χ2v) is 2.90. The molecular weight excluding hydrogens is 107 g/mol. The first-order valence-electron chi connectivity index (χ1n) is 2.37. The third-order valence-electron chi connectivity index (χ3n) is 1.06. The van der Waals surface area contributed by atoms with Gasteiger partial charge in [0.15, 0.2) is 0 Å². The molecule has 1 aliphatic rings. The van der Waals surface area contributed by atoms with Crippen molar-refractivity contribution >= 4 is 17.9 Å². The smallest absolute Gasteiger partial charge is 0.322 e. The second-order valence-electron chi connectivity index (χ2n) is 1.72. The van der Waals surface area contributed by atoms with E-state index in [2.05, 4.69) is 16.6 Å². The number of hydrogen-bond acceptors (Lipinski definition) is 3. The lowest BCUT2D eigenvalue weighted by Gasteiger charge is -1.88. The molecule has 0 aromatic carbocycles. The summed E-state index contributed by atoms with van der Waals surface area (Å²) in [7, 11) is 4.08. The molecule has 1 N–H and O–H groups in total. The molecule has 7 heavy (non-hydrogen) atoms. The van der Waals surface area contributed by atoms with Gasteiger partial charge >= 0.3 is 6.13 Å². The highest BCUT2D eigenvalue weighted by Crippen LogP contribution is 2.17. The quantitative estimate of drug-likeness (QED) is 0.306. The van der Waals surface area contributed by atoms with E-state index in [9.17, 15) is 0 Å². The highest BCUT2D eigenvalue weighted by molar-refractivity contribution is 8.24. The summed E-state index contributed by atoms with van der Waals surface area (Å²) < 4.78 is 3.04. The van der Waals surface area contributed by atoms with Crippen LogP contribution in [0.4, 0.5) is 0 Å². The van der Waals surface area contributed by atoms with Crippen LogP contribution in [0.25, 0.3) is 0 Å². The maximum absolute atomic E-state index is 3.04. The monoisotopic (exact) mass is 116 g/mol. The zero-order valence-corrected chi connectivity index (χ0v) is 5.46. The van der Waals surface area contributed by atoms with Gasteiger partial charge in [-0.1, -0.05) is 0 Å². The van der Waals surface area contributed by atoms with Crippen LogP contribution < -0.4 is 4.72 Å². The summed E-state index contributed by atoms with van der Waals surface area (Å²) in [6.45, 7) is 0. The maximum atomic E-state index is 3.04. The summed E-state index contributed by atoms with van der Waals surface area (Å²) in [5.74, 6) is 0. The van der Waals surface area contributed by atoms with Gasteiger partial charge in [0.05, 0.1) is 0 Å². The van der Waals surface area contributed by atoms with Gasteiger partial charge in [0, 0.05) is 0 Å². The summed E-state index contributed by atoms with van der Waals surface area (Å²) >= 11 is 1.78. The zero-order valence-electron chi connectivity index (χ0n) is 4.64. The molecule has 2 nitrogen and oxygen atoms in total. The van der Waals surface area contributed by atoms with E-state index in [1.165, 1.54) is 6.44 Å². The SMILES string of the molecule is CNSB1C[N@@]1C. The van der Waals surface area contributed by atoms with Crippen LogP contribution in [0.5, 0.6) is 0 Å². The Kier molecular flexibility index (Phi) is 1.62. The molecule has 0 bridgehead atoms. The molecule has 1 saturated heterocycles. The van der Waals surface area contributed by atoms with Gasteiger partial charge in [-0.15, -0.1) is 11.8 Å². The van der Waals surface area contributed by atoms with Gasteiger partial charge in [-0.2, -0.15) is 0 Å². The molecule has 4 heteroatoms. The second kappa shape index (κ2) is 2.07. The van der Waals surface area contributed by atoms with Crippen molar-refractivity contribution in [3.8, 4) is 0 Å². The minimum absolute atomic E-state index is 0.755. The van der Waals surface area contributed by atoms with E-state index in [0.717, 1.165) is 6.13 Å². The van der Waals surface area contributed by atoms with Crippen LogP contribution in [0, 0.1) is 0 Å². The lowest BCUT2D eigenvalue weighted by Crippen LogP contribution is -2.02. The minimum Gasteiger partial charge on any atom is -0.338 e. The molecule has 0 aromatic heterocycles. The van der Waals surface area contributed by atoms with Crippen LogP contribution in [0.2, 0.25) is 0 Å². The first-order chi connectivity index (χ1) is 3.34. The van der Waals surface area contributed by atoms with Crippen molar-refractivity contribution in [2.75, 3.05) is 20.5 Å². The summed E-state index contributed by atoms with van der Waals surface area (Å²) in [6.07, 6.45) is 2.00. The fourth-order valence-electron chi connectivity index (χ4n) is 0.462. The normalized spacial score (nSPS) is 28.3.